The molecule has 6 heteroatoms. The van der Waals surface area contributed by atoms with E-state index in [1.165, 1.54) is 11.3 Å². The average Bonchev–Trinajstić information content (AvgIpc) is 3.10. The SMILES string of the molecule is Cc1cccc(NC(=O)c2ccccc2NC(=O)c2cccs2)n1. The van der Waals surface area contributed by atoms with Crippen molar-refractivity contribution < 1.29 is 9.59 Å². The molecule has 0 aliphatic carbocycles. The minimum atomic E-state index is -0.324. The number of hydrogen-bond acceptors (Lipinski definition) is 4. The van der Waals surface area contributed by atoms with Gasteiger partial charge in [0.1, 0.15) is 5.82 Å². The number of amides is 2. The van der Waals surface area contributed by atoms with Gasteiger partial charge in [-0.1, -0.05) is 24.3 Å². The van der Waals surface area contributed by atoms with Crippen molar-refractivity contribution in [3.05, 3.63) is 76.1 Å². The first kappa shape index (κ1) is 15.9. The number of aromatic nitrogens is 1. The van der Waals surface area contributed by atoms with E-state index in [1.54, 1.807) is 36.4 Å². The molecule has 0 aliphatic rings. The van der Waals surface area contributed by atoms with Crippen molar-refractivity contribution in [1.82, 2.24) is 4.98 Å². The molecule has 24 heavy (non-hydrogen) atoms. The maximum absolute atomic E-state index is 12.5. The van der Waals surface area contributed by atoms with Crippen LogP contribution in [0.3, 0.4) is 0 Å². The van der Waals surface area contributed by atoms with Crippen molar-refractivity contribution in [2.24, 2.45) is 0 Å². The molecule has 120 valence electrons. The van der Waals surface area contributed by atoms with Gasteiger partial charge in [-0.25, -0.2) is 4.98 Å². The molecule has 0 bridgehead atoms. The Kier molecular flexibility index (Phi) is 4.67. The van der Waals surface area contributed by atoms with Crippen LogP contribution in [0.2, 0.25) is 0 Å². The Bertz CT molecular complexity index is 875. The number of anilines is 2. The Morgan fingerprint density at radius 2 is 1.75 bits per heavy atom. The van der Waals surface area contributed by atoms with E-state index >= 15 is 0 Å². The van der Waals surface area contributed by atoms with Crippen LogP contribution in [0.1, 0.15) is 25.7 Å². The summed E-state index contributed by atoms with van der Waals surface area (Å²) in [7, 11) is 0. The Balaban J connectivity index is 1.80. The molecule has 5 nitrogen and oxygen atoms in total. The predicted octanol–water partition coefficient (Wildman–Crippen LogP) is 3.96. The van der Waals surface area contributed by atoms with Gasteiger partial charge in [0.05, 0.1) is 16.1 Å². The molecule has 0 unspecified atom stereocenters. The lowest BCUT2D eigenvalue weighted by atomic mass is 10.1. The largest absolute Gasteiger partial charge is 0.321 e. The van der Waals surface area contributed by atoms with Gasteiger partial charge in [-0.15, -0.1) is 11.3 Å². The van der Waals surface area contributed by atoms with Crippen molar-refractivity contribution in [1.29, 1.82) is 0 Å². The number of carbonyl (C=O) groups excluding carboxylic acids is 2. The summed E-state index contributed by atoms with van der Waals surface area (Å²) in [6.45, 7) is 1.85. The maximum Gasteiger partial charge on any atom is 0.265 e. The van der Waals surface area contributed by atoms with Gasteiger partial charge >= 0.3 is 0 Å². The second kappa shape index (κ2) is 7.06. The molecule has 0 radical (unpaired) electrons. The zero-order valence-corrected chi connectivity index (χ0v) is 13.8. The Morgan fingerprint density at radius 1 is 0.917 bits per heavy atom. The number of thiophene rings is 1. The normalized spacial score (nSPS) is 10.2. The molecule has 2 heterocycles. The minimum Gasteiger partial charge on any atom is -0.321 e. The van der Waals surface area contributed by atoms with Crippen molar-refractivity contribution in [3.63, 3.8) is 0 Å². The summed E-state index contributed by atoms with van der Waals surface area (Å²) in [5.74, 6) is -0.0894. The quantitative estimate of drug-likeness (QED) is 0.757. The molecular formula is C18H15N3O2S. The van der Waals surface area contributed by atoms with E-state index in [-0.39, 0.29) is 11.8 Å². The third-order valence-corrected chi connectivity index (χ3v) is 4.16. The van der Waals surface area contributed by atoms with Crippen LogP contribution in [0.4, 0.5) is 11.5 Å². The first-order valence-corrected chi connectivity index (χ1v) is 8.20. The smallest absolute Gasteiger partial charge is 0.265 e. The predicted molar refractivity (Wildman–Crippen MR) is 95.6 cm³/mol. The van der Waals surface area contributed by atoms with Crippen LogP contribution in [0.25, 0.3) is 0 Å². The molecular weight excluding hydrogens is 322 g/mol. The summed E-state index contributed by atoms with van der Waals surface area (Å²) in [4.78, 5) is 29.6. The number of aryl methyl sites for hydroxylation is 1. The van der Waals surface area contributed by atoms with Gasteiger partial charge in [-0.3, -0.25) is 9.59 Å². The standard InChI is InChI=1S/C18H15N3O2S/c1-12-6-4-10-16(19-12)21-17(22)13-7-2-3-8-14(13)20-18(23)15-9-5-11-24-15/h2-11H,1H3,(H,20,23)(H,19,21,22). The summed E-state index contributed by atoms with van der Waals surface area (Å²) in [5.41, 5.74) is 1.65. The number of nitrogens with one attached hydrogen (secondary N) is 2. The topological polar surface area (TPSA) is 71.1 Å². The van der Waals surface area contributed by atoms with Crippen molar-refractivity contribution in [2.75, 3.05) is 10.6 Å². The highest BCUT2D eigenvalue weighted by molar-refractivity contribution is 7.12. The first-order chi connectivity index (χ1) is 11.6. The van der Waals surface area contributed by atoms with E-state index in [4.69, 9.17) is 0 Å². The highest BCUT2D eigenvalue weighted by atomic mass is 32.1. The Morgan fingerprint density at radius 3 is 2.50 bits per heavy atom. The van der Waals surface area contributed by atoms with Crippen LogP contribution in [-0.4, -0.2) is 16.8 Å². The van der Waals surface area contributed by atoms with Crippen LogP contribution < -0.4 is 10.6 Å². The second-order valence-electron chi connectivity index (χ2n) is 5.10. The van der Waals surface area contributed by atoms with Crippen LogP contribution in [0.5, 0.6) is 0 Å². The maximum atomic E-state index is 12.5. The lowest BCUT2D eigenvalue weighted by molar-refractivity contribution is 0.102. The van der Waals surface area contributed by atoms with Gasteiger partial charge in [-0.2, -0.15) is 0 Å². The molecule has 1 aromatic carbocycles. The van der Waals surface area contributed by atoms with E-state index in [0.717, 1.165) is 5.69 Å². The summed E-state index contributed by atoms with van der Waals surface area (Å²) in [6.07, 6.45) is 0. The monoisotopic (exact) mass is 337 g/mol. The Hall–Kier alpha value is -2.99. The van der Waals surface area contributed by atoms with Crippen molar-refractivity contribution in [2.45, 2.75) is 6.92 Å². The number of pyridine rings is 1. The summed E-state index contributed by atoms with van der Waals surface area (Å²) in [6, 6.07) is 15.8. The average molecular weight is 337 g/mol. The van der Waals surface area contributed by atoms with E-state index in [9.17, 15) is 9.59 Å². The molecule has 3 rings (SSSR count). The molecule has 0 fully saturated rings. The van der Waals surface area contributed by atoms with Crippen LogP contribution in [-0.2, 0) is 0 Å². The molecule has 2 aromatic heterocycles. The number of rotatable bonds is 4. The van der Waals surface area contributed by atoms with Gasteiger partial charge in [-0.05, 0) is 42.6 Å². The van der Waals surface area contributed by atoms with E-state index < -0.39 is 0 Å². The second-order valence-corrected chi connectivity index (χ2v) is 6.04. The molecule has 0 saturated heterocycles. The van der Waals surface area contributed by atoms with Gasteiger partial charge < -0.3 is 10.6 Å². The summed E-state index contributed by atoms with van der Waals surface area (Å²) in [5, 5.41) is 7.36. The highest BCUT2D eigenvalue weighted by Gasteiger charge is 2.15. The molecule has 3 aromatic rings. The highest BCUT2D eigenvalue weighted by Crippen LogP contribution is 2.19. The Labute approximate surface area is 143 Å². The van der Waals surface area contributed by atoms with Gasteiger partial charge in [0.15, 0.2) is 0 Å². The summed E-state index contributed by atoms with van der Waals surface area (Å²) >= 11 is 1.35. The molecule has 0 atom stereocenters. The molecule has 0 saturated carbocycles. The first-order valence-electron chi connectivity index (χ1n) is 7.32. The number of benzene rings is 1. The zero-order valence-electron chi connectivity index (χ0n) is 12.9. The van der Waals surface area contributed by atoms with Crippen LogP contribution in [0.15, 0.2) is 60.0 Å². The third-order valence-electron chi connectivity index (χ3n) is 3.29. The fraction of sp³-hybridized carbons (Fsp3) is 0.0556. The van der Waals surface area contributed by atoms with Crippen molar-refractivity contribution >= 4 is 34.7 Å². The molecule has 2 N–H and O–H groups in total. The lowest BCUT2D eigenvalue weighted by Crippen LogP contribution is -2.18. The number of nitrogens with zero attached hydrogens (tertiary/aromatic N) is 1. The molecule has 0 spiro atoms. The number of para-hydroxylation sites is 1. The minimum absolute atomic E-state index is 0.237. The van der Waals surface area contributed by atoms with E-state index in [0.29, 0.717) is 21.9 Å². The fourth-order valence-corrected chi connectivity index (χ4v) is 2.80. The lowest BCUT2D eigenvalue weighted by Gasteiger charge is -2.11. The number of carbonyl (C=O) groups is 2. The fourth-order valence-electron chi connectivity index (χ4n) is 2.18. The van der Waals surface area contributed by atoms with Crippen molar-refractivity contribution in [3.8, 4) is 0 Å². The zero-order chi connectivity index (χ0) is 16.9. The van der Waals surface area contributed by atoms with E-state index in [1.807, 2.05) is 30.5 Å². The van der Waals surface area contributed by atoms with Gasteiger partial charge in [0.25, 0.3) is 11.8 Å². The molecule has 2 amide bonds. The number of hydrogen-bond donors (Lipinski definition) is 2. The summed E-state index contributed by atoms with van der Waals surface area (Å²) < 4.78 is 0. The third kappa shape index (κ3) is 3.67. The van der Waals surface area contributed by atoms with Gasteiger partial charge in [0, 0.05) is 5.69 Å². The van der Waals surface area contributed by atoms with Crippen LogP contribution >= 0.6 is 11.3 Å². The van der Waals surface area contributed by atoms with Gasteiger partial charge in [0.2, 0.25) is 0 Å². The van der Waals surface area contributed by atoms with E-state index in [2.05, 4.69) is 15.6 Å². The molecule has 0 aliphatic heterocycles. The van der Waals surface area contributed by atoms with Crippen LogP contribution in [0, 0.1) is 6.92 Å².